The minimum Gasteiger partial charge on any atom is -0.374 e. The Morgan fingerprint density at radius 3 is 1.67 bits per heavy atom. The molecule has 27 heavy (non-hydrogen) atoms. The molecule has 0 radical (unpaired) electrons. The highest BCUT2D eigenvalue weighted by molar-refractivity contribution is 5.09. The smallest absolute Gasteiger partial charge is 0.374 e. The zero-order valence-electron chi connectivity index (χ0n) is 16.9. The van der Waals surface area contributed by atoms with Gasteiger partial charge in [-0.15, -0.1) is 0 Å². The van der Waals surface area contributed by atoms with Crippen molar-refractivity contribution in [3.8, 4) is 0 Å². The average molecular weight is 402 g/mol. The highest BCUT2D eigenvalue weighted by Gasteiger charge is 2.72. The van der Waals surface area contributed by atoms with Crippen molar-refractivity contribution in [3.63, 3.8) is 0 Å². The molecule has 0 aromatic rings. The molecule has 0 saturated heterocycles. The summed E-state index contributed by atoms with van der Waals surface area (Å²) in [5, 5.41) is 9.68. The Kier molecular flexibility index (Phi) is 5.52. The van der Waals surface area contributed by atoms with Gasteiger partial charge in [-0.25, -0.2) is 0 Å². The topological polar surface area (TPSA) is 20.2 Å². The van der Waals surface area contributed by atoms with Crippen LogP contribution in [0.1, 0.15) is 67.2 Å². The Morgan fingerprint density at radius 2 is 1.30 bits per heavy atom. The van der Waals surface area contributed by atoms with Crippen LogP contribution < -0.4 is 0 Å². The van der Waals surface area contributed by atoms with Gasteiger partial charge < -0.3 is 5.11 Å². The van der Waals surface area contributed by atoms with E-state index in [0.717, 1.165) is 6.42 Å². The van der Waals surface area contributed by atoms with Crippen molar-refractivity contribution < 1.29 is 31.4 Å². The Balaban J connectivity index is 2.37. The molecule has 2 aliphatic rings. The first kappa shape index (κ1) is 22.8. The summed E-state index contributed by atoms with van der Waals surface area (Å²) >= 11 is 0. The lowest BCUT2D eigenvalue weighted by Gasteiger charge is -2.50. The standard InChI is InChI=1S/C20H32F6O/c1-7-17(5,6)14-11-8-12(13(9-11)15(14)16(2,3)4)10-18(27,19(21,22)23)20(24,25)26/h11-15,27H,7-10H2,1-6H3. The summed E-state index contributed by atoms with van der Waals surface area (Å²) in [6.07, 6.45) is -10.8. The highest BCUT2D eigenvalue weighted by atomic mass is 19.4. The third kappa shape index (κ3) is 3.74. The zero-order valence-corrected chi connectivity index (χ0v) is 16.9. The number of fused-ring (bicyclic) bond motifs is 2. The van der Waals surface area contributed by atoms with E-state index < -0.39 is 30.3 Å². The molecule has 2 aliphatic carbocycles. The summed E-state index contributed by atoms with van der Waals surface area (Å²) in [7, 11) is 0. The molecule has 0 spiro atoms. The molecule has 0 amide bonds. The van der Waals surface area contributed by atoms with Gasteiger partial charge in [-0.1, -0.05) is 48.0 Å². The Labute approximate surface area is 157 Å². The molecule has 2 saturated carbocycles. The van der Waals surface area contributed by atoms with Crippen molar-refractivity contribution in [2.45, 2.75) is 85.2 Å². The summed E-state index contributed by atoms with van der Waals surface area (Å²) in [5.41, 5.74) is -4.87. The van der Waals surface area contributed by atoms with E-state index in [1.807, 2.05) is 20.8 Å². The number of rotatable bonds is 4. The quantitative estimate of drug-likeness (QED) is 0.525. The van der Waals surface area contributed by atoms with E-state index >= 15 is 0 Å². The number of aliphatic hydroxyl groups is 1. The second-order valence-electron chi connectivity index (χ2n) is 10.5. The fraction of sp³-hybridized carbons (Fsp3) is 1.00. The summed E-state index contributed by atoms with van der Waals surface area (Å²) in [6.45, 7) is 12.4. The van der Waals surface area contributed by atoms with Gasteiger partial charge >= 0.3 is 12.4 Å². The van der Waals surface area contributed by atoms with Crippen molar-refractivity contribution in [2.24, 2.45) is 40.4 Å². The van der Waals surface area contributed by atoms with Gasteiger partial charge in [0.2, 0.25) is 0 Å². The lowest BCUT2D eigenvalue weighted by atomic mass is 9.55. The van der Waals surface area contributed by atoms with Gasteiger partial charge in [0.05, 0.1) is 0 Å². The highest BCUT2D eigenvalue weighted by Crippen LogP contribution is 2.67. The van der Waals surface area contributed by atoms with Crippen LogP contribution in [0.5, 0.6) is 0 Å². The number of hydrogen-bond donors (Lipinski definition) is 1. The molecule has 7 heteroatoms. The third-order valence-corrected chi connectivity index (χ3v) is 7.45. The van der Waals surface area contributed by atoms with Crippen LogP contribution in [0, 0.1) is 40.4 Å². The fourth-order valence-electron chi connectivity index (χ4n) is 6.04. The van der Waals surface area contributed by atoms with Crippen LogP contribution in [0.15, 0.2) is 0 Å². The minimum absolute atomic E-state index is 0.0211. The average Bonchev–Trinajstić information content (AvgIpc) is 3.01. The van der Waals surface area contributed by atoms with Crippen molar-refractivity contribution in [2.75, 3.05) is 0 Å². The first-order valence-corrected chi connectivity index (χ1v) is 9.72. The maximum atomic E-state index is 13.2. The third-order valence-electron chi connectivity index (χ3n) is 7.45. The second-order valence-corrected chi connectivity index (χ2v) is 10.5. The summed E-state index contributed by atoms with van der Waals surface area (Å²) in [4.78, 5) is 0. The SMILES string of the molecule is CCC(C)(C)C1C2CC(CC(O)(C(F)(F)F)C(F)(F)F)C(C2)C1C(C)(C)C. The molecule has 5 atom stereocenters. The Bertz CT molecular complexity index is 528. The van der Waals surface area contributed by atoms with Crippen LogP contribution in [0.2, 0.25) is 0 Å². The lowest BCUT2D eigenvalue weighted by Crippen LogP contribution is -2.58. The van der Waals surface area contributed by atoms with E-state index in [9.17, 15) is 31.4 Å². The molecule has 0 heterocycles. The van der Waals surface area contributed by atoms with Crippen LogP contribution in [-0.2, 0) is 0 Å². The lowest BCUT2D eigenvalue weighted by molar-refractivity contribution is -0.373. The summed E-state index contributed by atoms with van der Waals surface area (Å²) in [5.74, 6) is -0.557. The van der Waals surface area contributed by atoms with E-state index in [4.69, 9.17) is 0 Å². The minimum atomic E-state index is -5.73. The van der Waals surface area contributed by atoms with Crippen LogP contribution in [0.3, 0.4) is 0 Å². The molecular weight excluding hydrogens is 370 g/mol. The first-order chi connectivity index (χ1) is 11.9. The van der Waals surface area contributed by atoms with Crippen LogP contribution in [-0.4, -0.2) is 23.1 Å². The normalized spacial score (nSPS) is 33.0. The first-order valence-electron chi connectivity index (χ1n) is 9.72. The molecule has 2 fully saturated rings. The van der Waals surface area contributed by atoms with Gasteiger partial charge in [0.25, 0.3) is 5.60 Å². The van der Waals surface area contributed by atoms with Crippen LogP contribution in [0.25, 0.3) is 0 Å². The molecule has 2 bridgehead atoms. The molecule has 0 aromatic heterocycles. The molecule has 1 N–H and O–H groups in total. The van der Waals surface area contributed by atoms with Crippen molar-refractivity contribution in [3.05, 3.63) is 0 Å². The molecule has 5 unspecified atom stereocenters. The Hall–Kier alpha value is -0.460. The van der Waals surface area contributed by atoms with E-state index in [-0.39, 0.29) is 34.5 Å². The van der Waals surface area contributed by atoms with E-state index in [2.05, 4.69) is 20.8 Å². The van der Waals surface area contributed by atoms with Crippen LogP contribution >= 0.6 is 0 Å². The van der Waals surface area contributed by atoms with E-state index in [0.29, 0.717) is 12.8 Å². The number of alkyl halides is 6. The molecular formula is C20H32F6O. The van der Waals surface area contributed by atoms with Crippen molar-refractivity contribution in [1.82, 2.24) is 0 Å². The fourth-order valence-corrected chi connectivity index (χ4v) is 6.04. The monoisotopic (exact) mass is 402 g/mol. The maximum Gasteiger partial charge on any atom is 0.426 e. The number of hydrogen-bond acceptors (Lipinski definition) is 1. The molecule has 1 nitrogen and oxygen atoms in total. The zero-order chi connectivity index (χ0) is 21.2. The largest absolute Gasteiger partial charge is 0.426 e. The van der Waals surface area contributed by atoms with Gasteiger partial charge in [0, 0.05) is 0 Å². The van der Waals surface area contributed by atoms with Gasteiger partial charge in [-0.2, -0.15) is 26.3 Å². The van der Waals surface area contributed by atoms with E-state index in [1.165, 1.54) is 0 Å². The molecule has 160 valence electrons. The van der Waals surface area contributed by atoms with E-state index in [1.54, 1.807) is 0 Å². The summed E-state index contributed by atoms with van der Waals surface area (Å²) in [6, 6.07) is 0. The predicted molar refractivity (Wildman–Crippen MR) is 91.9 cm³/mol. The molecule has 0 aromatic carbocycles. The van der Waals surface area contributed by atoms with Gasteiger partial charge in [-0.3, -0.25) is 0 Å². The summed E-state index contributed by atoms with van der Waals surface area (Å²) < 4.78 is 79.1. The predicted octanol–water partition coefficient (Wildman–Crippen LogP) is 6.60. The van der Waals surface area contributed by atoms with Crippen LogP contribution in [0.4, 0.5) is 26.3 Å². The van der Waals surface area contributed by atoms with Gasteiger partial charge in [-0.05, 0) is 59.7 Å². The molecule has 2 rings (SSSR count). The van der Waals surface area contributed by atoms with Crippen molar-refractivity contribution in [1.29, 1.82) is 0 Å². The second kappa shape index (κ2) is 6.53. The van der Waals surface area contributed by atoms with Gasteiger partial charge in [0.15, 0.2) is 0 Å². The Morgan fingerprint density at radius 1 is 0.815 bits per heavy atom. The van der Waals surface area contributed by atoms with Gasteiger partial charge in [0.1, 0.15) is 0 Å². The maximum absolute atomic E-state index is 13.2. The molecule has 0 aliphatic heterocycles. The van der Waals surface area contributed by atoms with Crippen molar-refractivity contribution >= 4 is 0 Å². The number of halogens is 6.